The van der Waals surface area contributed by atoms with Crippen molar-refractivity contribution in [3.8, 4) is 17.9 Å². The quantitative estimate of drug-likeness (QED) is 0.170. The van der Waals surface area contributed by atoms with Crippen LogP contribution in [0.15, 0.2) is 72.8 Å². The minimum absolute atomic E-state index is 0.0385. The monoisotopic (exact) mass is 491 g/mol. The molecule has 0 fully saturated rings. The molecular weight excluding hydrogens is 460 g/mol. The van der Waals surface area contributed by atoms with Crippen molar-refractivity contribution in [2.24, 2.45) is 0 Å². The Balaban J connectivity index is 1.38. The minimum atomic E-state index is -0.630. The largest absolute Gasteiger partial charge is 0.206 e. The van der Waals surface area contributed by atoms with E-state index >= 15 is 4.39 Å². The van der Waals surface area contributed by atoms with Gasteiger partial charge in [0.15, 0.2) is 0 Å². The third kappa shape index (κ3) is 7.05. The van der Waals surface area contributed by atoms with E-state index in [1.165, 1.54) is 60.9 Å². The third-order valence-electron chi connectivity index (χ3n) is 6.74. The van der Waals surface area contributed by atoms with E-state index in [0.717, 1.165) is 24.6 Å². The molecule has 0 unspecified atom stereocenters. The highest BCUT2D eigenvalue weighted by molar-refractivity contribution is 5.85. The van der Waals surface area contributed by atoms with Gasteiger partial charge in [0.2, 0.25) is 0 Å². The Bertz CT molecular complexity index is 1470. The molecule has 3 heteroatoms. The first-order chi connectivity index (χ1) is 18.1. The Morgan fingerprint density at radius 1 is 0.649 bits per heavy atom. The van der Waals surface area contributed by atoms with Gasteiger partial charge in [-0.05, 0) is 72.0 Å². The van der Waals surface area contributed by atoms with E-state index in [2.05, 4.69) is 43.0 Å². The van der Waals surface area contributed by atoms with E-state index in [0.29, 0.717) is 10.9 Å². The summed E-state index contributed by atoms with van der Waals surface area (Å²) in [5.41, 5.74) is 4.50. The highest BCUT2D eigenvalue weighted by Gasteiger charge is 2.08. The van der Waals surface area contributed by atoms with Gasteiger partial charge in [-0.1, -0.05) is 93.0 Å². The molecule has 0 amide bonds. The van der Waals surface area contributed by atoms with Crippen molar-refractivity contribution in [3.05, 3.63) is 118 Å². The van der Waals surface area contributed by atoms with Crippen LogP contribution in [0.3, 0.4) is 0 Å². The molecule has 0 radical (unpaired) electrons. The molecule has 0 aliphatic heterocycles. The fraction of sp³-hybridized carbons (Fsp3) is 0.265. The molecule has 4 rings (SSSR count). The first kappa shape index (κ1) is 26.1. The predicted molar refractivity (Wildman–Crippen MR) is 147 cm³/mol. The summed E-state index contributed by atoms with van der Waals surface area (Å²) in [6, 6.07) is 24.2. The summed E-state index contributed by atoms with van der Waals surface area (Å²) in [4.78, 5) is 0. The van der Waals surface area contributed by atoms with Gasteiger partial charge in [0.05, 0.1) is 11.1 Å². The zero-order chi connectivity index (χ0) is 26.0. The van der Waals surface area contributed by atoms with Crippen LogP contribution >= 0.6 is 0 Å². The lowest BCUT2D eigenvalue weighted by atomic mass is 9.98. The van der Waals surface area contributed by atoms with Crippen molar-refractivity contribution in [2.45, 2.75) is 58.3 Å². The first-order valence-corrected chi connectivity index (χ1v) is 13.1. The van der Waals surface area contributed by atoms with E-state index < -0.39 is 5.82 Å². The van der Waals surface area contributed by atoms with Crippen LogP contribution in [0.1, 0.15) is 72.4 Å². The summed E-state index contributed by atoms with van der Waals surface area (Å²) >= 11 is 0. The number of hydrogen-bond acceptors (Lipinski definition) is 1. The maximum atomic E-state index is 15.1. The lowest BCUT2D eigenvalue weighted by Crippen LogP contribution is -1.94. The topological polar surface area (TPSA) is 23.8 Å². The van der Waals surface area contributed by atoms with Gasteiger partial charge in [0, 0.05) is 10.9 Å². The third-order valence-corrected chi connectivity index (χ3v) is 6.74. The fourth-order valence-electron chi connectivity index (χ4n) is 4.51. The summed E-state index contributed by atoms with van der Waals surface area (Å²) in [6.45, 7) is 2.24. The number of nitriles is 1. The van der Waals surface area contributed by atoms with E-state index in [1.807, 2.05) is 24.3 Å². The van der Waals surface area contributed by atoms with Crippen LogP contribution in [0, 0.1) is 34.8 Å². The minimum Gasteiger partial charge on any atom is -0.206 e. The second kappa shape index (κ2) is 12.8. The van der Waals surface area contributed by atoms with Crippen LogP contribution in [0.25, 0.3) is 10.8 Å². The zero-order valence-corrected chi connectivity index (χ0v) is 21.3. The zero-order valence-electron chi connectivity index (χ0n) is 21.3. The summed E-state index contributed by atoms with van der Waals surface area (Å²) in [5, 5.41) is 10.2. The van der Waals surface area contributed by atoms with Gasteiger partial charge in [0.1, 0.15) is 17.7 Å². The van der Waals surface area contributed by atoms with E-state index in [1.54, 1.807) is 18.2 Å². The SMILES string of the molecule is CCCCCCCc1ccc(CCc2ccc3c(F)c(C#Cc4ccc(C#N)c(F)c4)ccc3c2)cc1. The molecule has 1 nitrogen and oxygen atoms in total. The van der Waals surface area contributed by atoms with Crippen molar-refractivity contribution in [1.82, 2.24) is 0 Å². The van der Waals surface area contributed by atoms with E-state index in [9.17, 15) is 4.39 Å². The number of hydrogen-bond donors (Lipinski definition) is 0. The maximum Gasteiger partial charge on any atom is 0.146 e. The van der Waals surface area contributed by atoms with Crippen molar-refractivity contribution < 1.29 is 8.78 Å². The molecule has 4 aromatic rings. The first-order valence-electron chi connectivity index (χ1n) is 13.1. The van der Waals surface area contributed by atoms with Gasteiger partial charge >= 0.3 is 0 Å². The molecule has 0 aliphatic rings. The maximum absolute atomic E-state index is 15.1. The van der Waals surface area contributed by atoms with Crippen LogP contribution in [0.5, 0.6) is 0 Å². The normalized spacial score (nSPS) is 10.6. The smallest absolute Gasteiger partial charge is 0.146 e. The molecule has 4 aromatic carbocycles. The molecule has 0 heterocycles. The molecule has 0 atom stereocenters. The predicted octanol–water partition coefficient (Wildman–Crippen LogP) is 8.69. The van der Waals surface area contributed by atoms with Crippen LogP contribution in [0.2, 0.25) is 0 Å². The van der Waals surface area contributed by atoms with Gasteiger partial charge in [0.25, 0.3) is 0 Å². The van der Waals surface area contributed by atoms with E-state index in [-0.39, 0.29) is 16.9 Å². The molecular formula is C34H31F2N. The van der Waals surface area contributed by atoms with Crippen LogP contribution in [0.4, 0.5) is 8.78 Å². The number of fused-ring (bicyclic) bond motifs is 1. The fourth-order valence-corrected chi connectivity index (χ4v) is 4.51. The summed E-state index contributed by atoms with van der Waals surface area (Å²) in [6.07, 6.45) is 9.49. The van der Waals surface area contributed by atoms with Crippen LogP contribution in [-0.4, -0.2) is 0 Å². The molecule has 0 bridgehead atoms. The lowest BCUT2D eigenvalue weighted by molar-refractivity contribution is 0.623. The Hall–Kier alpha value is -3.95. The molecule has 37 heavy (non-hydrogen) atoms. The second-order valence-electron chi connectivity index (χ2n) is 9.52. The van der Waals surface area contributed by atoms with Crippen molar-refractivity contribution in [1.29, 1.82) is 5.26 Å². The second-order valence-corrected chi connectivity index (χ2v) is 9.52. The number of unbranched alkanes of at least 4 members (excludes halogenated alkanes) is 4. The number of aryl methyl sites for hydroxylation is 3. The van der Waals surface area contributed by atoms with Gasteiger partial charge < -0.3 is 0 Å². The van der Waals surface area contributed by atoms with Gasteiger partial charge in [-0.15, -0.1) is 0 Å². The molecule has 0 aromatic heterocycles. The number of nitrogens with zero attached hydrogens (tertiary/aromatic N) is 1. The van der Waals surface area contributed by atoms with Crippen LogP contribution in [-0.2, 0) is 19.3 Å². The Kier molecular flexibility index (Phi) is 9.07. The molecule has 0 saturated heterocycles. The standard InChI is InChI=1S/C34H31F2N/c1-2-3-4-5-6-7-25-8-10-26(11-9-25)12-13-27-16-21-32-30(22-27)20-19-29(34(32)36)17-14-28-15-18-31(24-37)33(35)23-28/h8-11,15-16,18-23H,2-7,12-13H2,1H3. The average Bonchev–Trinajstić information content (AvgIpc) is 2.92. The number of benzene rings is 4. The lowest BCUT2D eigenvalue weighted by Gasteiger charge is -2.07. The molecule has 0 spiro atoms. The number of halogens is 2. The van der Waals surface area contributed by atoms with Gasteiger partial charge in [-0.25, -0.2) is 8.78 Å². The summed E-state index contributed by atoms with van der Waals surface area (Å²) < 4.78 is 28.9. The highest BCUT2D eigenvalue weighted by Crippen LogP contribution is 2.23. The van der Waals surface area contributed by atoms with Crippen LogP contribution < -0.4 is 0 Å². The molecule has 0 aliphatic carbocycles. The van der Waals surface area contributed by atoms with Crippen molar-refractivity contribution in [3.63, 3.8) is 0 Å². The van der Waals surface area contributed by atoms with Crippen molar-refractivity contribution >= 4 is 10.8 Å². The number of rotatable bonds is 9. The highest BCUT2D eigenvalue weighted by atomic mass is 19.1. The molecule has 186 valence electrons. The van der Waals surface area contributed by atoms with Gasteiger partial charge in [-0.2, -0.15) is 5.26 Å². The Labute approximate surface area is 218 Å². The summed E-state index contributed by atoms with van der Waals surface area (Å²) in [5.74, 6) is 4.58. The molecule has 0 N–H and O–H groups in total. The molecule has 0 saturated carbocycles. The van der Waals surface area contributed by atoms with Crippen molar-refractivity contribution in [2.75, 3.05) is 0 Å². The average molecular weight is 492 g/mol. The van der Waals surface area contributed by atoms with E-state index in [4.69, 9.17) is 5.26 Å². The summed E-state index contributed by atoms with van der Waals surface area (Å²) in [7, 11) is 0. The Morgan fingerprint density at radius 3 is 2.05 bits per heavy atom. The Morgan fingerprint density at radius 2 is 1.32 bits per heavy atom. The van der Waals surface area contributed by atoms with Gasteiger partial charge in [-0.3, -0.25) is 0 Å².